The third-order valence-electron chi connectivity index (χ3n) is 1.64. The van der Waals surface area contributed by atoms with E-state index in [9.17, 15) is 4.79 Å². The van der Waals surface area contributed by atoms with Gasteiger partial charge in [0.15, 0.2) is 5.76 Å². The maximum atomic E-state index is 10.2. The van der Waals surface area contributed by atoms with Gasteiger partial charge in [-0.1, -0.05) is 19.8 Å². The van der Waals surface area contributed by atoms with Crippen LogP contribution in [0.5, 0.6) is 0 Å². The number of carbonyl (C=O) groups is 1. The van der Waals surface area contributed by atoms with Gasteiger partial charge in [0.25, 0.3) is 0 Å². The highest BCUT2D eigenvalue weighted by atomic mass is 16.6. The van der Waals surface area contributed by atoms with Crippen molar-refractivity contribution in [3.63, 3.8) is 0 Å². The van der Waals surface area contributed by atoms with Gasteiger partial charge in [-0.15, -0.1) is 0 Å². The highest BCUT2D eigenvalue weighted by Crippen LogP contribution is 2.30. The molecule has 0 amide bonds. The number of carboxylic acid groups (broad SMARTS) is 1. The molecule has 0 fully saturated rings. The van der Waals surface area contributed by atoms with Crippen LogP contribution in [0.3, 0.4) is 0 Å². The normalized spacial score (nSPS) is 14.6. The summed E-state index contributed by atoms with van der Waals surface area (Å²) in [5.41, 5.74) is 0. The van der Waals surface area contributed by atoms with Crippen molar-refractivity contribution in [3.8, 4) is 0 Å². The first-order valence-corrected chi connectivity index (χ1v) is 3.90. The fraction of sp³-hybridized carbons (Fsp3) is 0.625. The second-order valence-electron chi connectivity index (χ2n) is 2.62. The molecule has 0 aliphatic carbocycles. The van der Waals surface area contributed by atoms with E-state index in [-0.39, 0.29) is 5.76 Å². The highest BCUT2D eigenvalue weighted by Gasteiger charge is 2.30. The van der Waals surface area contributed by atoms with E-state index in [1.807, 2.05) is 0 Å². The van der Waals surface area contributed by atoms with E-state index < -0.39 is 5.97 Å². The molecule has 0 aromatic carbocycles. The number of hydrogen-bond acceptors (Lipinski definition) is 2. The van der Waals surface area contributed by atoms with Crippen molar-refractivity contribution in [1.29, 1.82) is 0 Å². The predicted molar refractivity (Wildman–Crippen MR) is 39.9 cm³/mol. The molecule has 1 heterocycles. The van der Waals surface area contributed by atoms with Gasteiger partial charge in [-0.25, -0.2) is 4.79 Å². The Hall–Kier alpha value is -0.990. The average molecular weight is 156 g/mol. The molecule has 62 valence electrons. The minimum Gasteiger partial charge on any atom is -0.475 e. The van der Waals surface area contributed by atoms with Crippen LogP contribution >= 0.6 is 0 Å². The summed E-state index contributed by atoms with van der Waals surface area (Å²) in [5, 5.41) is 8.40. The molecule has 3 nitrogen and oxygen atoms in total. The van der Waals surface area contributed by atoms with E-state index in [2.05, 4.69) is 6.92 Å². The molecule has 0 unspecified atom stereocenters. The Bertz CT molecular complexity index is 194. The molecule has 0 aromatic rings. The summed E-state index contributed by atoms with van der Waals surface area (Å²) in [5.74, 6) is -0.0939. The van der Waals surface area contributed by atoms with Crippen LogP contribution in [0.4, 0.5) is 0 Å². The molecule has 0 atom stereocenters. The lowest BCUT2D eigenvalue weighted by molar-refractivity contribution is -0.133. The van der Waals surface area contributed by atoms with Crippen molar-refractivity contribution in [2.75, 3.05) is 0 Å². The van der Waals surface area contributed by atoms with Gasteiger partial charge in [-0.05, 0) is 6.42 Å². The average Bonchev–Trinajstić information content (AvgIpc) is 2.68. The van der Waals surface area contributed by atoms with Gasteiger partial charge >= 0.3 is 5.97 Å². The number of allylic oxidation sites excluding steroid dienone is 1. The molecule has 0 aromatic heterocycles. The lowest BCUT2D eigenvalue weighted by atomic mass is 10.2. The van der Waals surface area contributed by atoms with E-state index in [0.717, 1.165) is 25.7 Å². The molecule has 0 spiro atoms. The van der Waals surface area contributed by atoms with Crippen LogP contribution in [-0.4, -0.2) is 11.1 Å². The molecule has 1 rings (SSSR count). The van der Waals surface area contributed by atoms with Crippen molar-refractivity contribution >= 4 is 5.97 Å². The Balaban J connectivity index is 2.16. The van der Waals surface area contributed by atoms with Crippen molar-refractivity contribution in [3.05, 3.63) is 11.5 Å². The minimum atomic E-state index is -0.934. The molecule has 1 aliphatic heterocycles. The van der Waals surface area contributed by atoms with E-state index >= 15 is 0 Å². The minimum absolute atomic E-state index is 0.168. The van der Waals surface area contributed by atoms with E-state index in [4.69, 9.17) is 9.84 Å². The van der Waals surface area contributed by atoms with Gasteiger partial charge in [0.05, 0.1) is 0 Å². The molecule has 1 N–H and O–H groups in total. The Labute approximate surface area is 65.7 Å². The van der Waals surface area contributed by atoms with Crippen LogP contribution in [0, 0.1) is 0 Å². The zero-order valence-electron chi connectivity index (χ0n) is 6.59. The summed E-state index contributed by atoms with van der Waals surface area (Å²) >= 11 is 0. The molecule has 3 heteroatoms. The zero-order valence-corrected chi connectivity index (χ0v) is 6.59. The second kappa shape index (κ2) is 3.42. The monoisotopic (exact) mass is 156 g/mol. The number of ether oxygens (including phenoxy) is 1. The summed E-state index contributed by atoms with van der Waals surface area (Å²) in [6, 6.07) is 0. The molecule has 0 saturated heterocycles. The number of hydrogen-bond donors (Lipinski definition) is 1. The third-order valence-corrected chi connectivity index (χ3v) is 1.64. The number of rotatable bonds is 5. The van der Waals surface area contributed by atoms with Crippen LogP contribution in [0.25, 0.3) is 0 Å². The first-order chi connectivity index (χ1) is 5.25. The lowest BCUT2D eigenvalue weighted by Gasteiger charge is -1.88. The zero-order chi connectivity index (χ0) is 8.27. The molecule has 0 bridgehead atoms. The summed E-state index contributed by atoms with van der Waals surface area (Å²) in [4.78, 5) is 10.2. The molecule has 0 saturated carbocycles. The fourth-order valence-corrected chi connectivity index (χ4v) is 0.961. The molecule has 11 heavy (non-hydrogen) atoms. The topological polar surface area (TPSA) is 49.8 Å². The highest BCUT2D eigenvalue weighted by molar-refractivity contribution is 5.88. The smallest absolute Gasteiger partial charge is 0.375 e. The Morgan fingerprint density at radius 1 is 1.55 bits per heavy atom. The van der Waals surface area contributed by atoms with Crippen LogP contribution in [-0.2, 0) is 9.53 Å². The summed E-state index contributed by atoms with van der Waals surface area (Å²) in [6.07, 6.45) is 4.10. The molecular formula is C8H12O3. The van der Waals surface area contributed by atoms with Gasteiger partial charge in [0.2, 0.25) is 5.76 Å². The van der Waals surface area contributed by atoms with Crippen LogP contribution in [0.2, 0.25) is 0 Å². The molecule has 1 aliphatic rings. The first-order valence-electron chi connectivity index (χ1n) is 3.90. The van der Waals surface area contributed by atoms with Gasteiger partial charge in [-0.3, -0.25) is 0 Å². The van der Waals surface area contributed by atoms with Crippen LogP contribution < -0.4 is 0 Å². The number of aliphatic carboxylic acids is 1. The summed E-state index contributed by atoms with van der Waals surface area (Å²) in [6.45, 7) is 2.11. The second-order valence-corrected chi connectivity index (χ2v) is 2.62. The van der Waals surface area contributed by atoms with Crippen LogP contribution in [0.15, 0.2) is 11.5 Å². The van der Waals surface area contributed by atoms with Crippen molar-refractivity contribution in [2.24, 2.45) is 0 Å². The third kappa shape index (κ3) is 2.26. The van der Waals surface area contributed by atoms with E-state index in [1.165, 1.54) is 0 Å². The summed E-state index contributed by atoms with van der Waals surface area (Å²) < 4.78 is 4.76. The Kier molecular flexibility index (Phi) is 2.52. The van der Waals surface area contributed by atoms with E-state index in [0.29, 0.717) is 5.76 Å². The SMILES string of the molecule is CCCCCC1=C(C(=O)O)O1. The Morgan fingerprint density at radius 3 is 2.73 bits per heavy atom. The quantitative estimate of drug-likeness (QED) is 0.618. The van der Waals surface area contributed by atoms with E-state index in [1.54, 1.807) is 0 Å². The predicted octanol–water partition coefficient (Wildman–Crippen LogP) is 1.89. The molecule has 0 radical (unpaired) electrons. The van der Waals surface area contributed by atoms with Gasteiger partial charge in [0.1, 0.15) is 0 Å². The van der Waals surface area contributed by atoms with Crippen molar-refractivity contribution < 1.29 is 14.6 Å². The van der Waals surface area contributed by atoms with Gasteiger partial charge in [-0.2, -0.15) is 0 Å². The standard InChI is InChI=1S/C8H12O3/c1-2-3-4-5-6-7(11-6)8(9)10/h2-5H2,1H3,(H,9,10). The lowest BCUT2D eigenvalue weighted by Crippen LogP contribution is -1.88. The number of unbranched alkanes of at least 4 members (excludes halogenated alkanes) is 2. The fourth-order valence-electron chi connectivity index (χ4n) is 0.961. The van der Waals surface area contributed by atoms with Crippen LogP contribution in [0.1, 0.15) is 32.6 Å². The maximum absolute atomic E-state index is 10.2. The van der Waals surface area contributed by atoms with Gasteiger partial charge in [0, 0.05) is 6.42 Å². The largest absolute Gasteiger partial charge is 0.475 e. The van der Waals surface area contributed by atoms with Gasteiger partial charge < -0.3 is 9.84 Å². The number of carboxylic acids is 1. The Morgan fingerprint density at radius 2 is 2.27 bits per heavy atom. The summed E-state index contributed by atoms with van der Waals surface area (Å²) in [7, 11) is 0. The first kappa shape index (κ1) is 8.11. The van der Waals surface area contributed by atoms with Crippen molar-refractivity contribution in [1.82, 2.24) is 0 Å². The molecular weight excluding hydrogens is 144 g/mol. The van der Waals surface area contributed by atoms with Crippen molar-refractivity contribution in [2.45, 2.75) is 32.6 Å². The maximum Gasteiger partial charge on any atom is 0.375 e.